The molecule has 0 atom stereocenters. The molecule has 3 aromatic carbocycles. The van der Waals surface area contributed by atoms with Crippen molar-refractivity contribution in [3.05, 3.63) is 95.9 Å². The molecule has 0 saturated heterocycles. The van der Waals surface area contributed by atoms with Crippen LogP contribution >= 0.6 is 0 Å². The van der Waals surface area contributed by atoms with E-state index in [1.165, 1.54) is 18.2 Å². The van der Waals surface area contributed by atoms with Crippen LogP contribution in [-0.4, -0.2) is 16.2 Å². The van der Waals surface area contributed by atoms with E-state index < -0.39 is 17.7 Å². The van der Waals surface area contributed by atoms with Gasteiger partial charge in [0.1, 0.15) is 0 Å². The second-order valence-electron chi connectivity index (χ2n) is 6.69. The number of nitrogens with one attached hydrogen (secondary N) is 1. The number of para-hydroxylation sites is 1. The van der Waals surface area contributed by atoms with Gasteiger partial charge >= 0.3 is 12.1 Å². The number of benzene rings is 3. The lowest BCUT2D eigenvalue weighted by Crippen LogP contribution is -2.09. The number of ether oxygens (including phenoxy) is 1. The average molecular weight is 439 g/mol. The first kappa shape index (κ1) is 21.1. The number of esters is 1. The Morgan fingerprint density at radius 3 is 2.47 bits per heavy atom. The monoisotopic (exact) mass is 439 g/mol. The standard InChI is InChI=1S/C23H16F3N3O3/c24-23(25,26)16-9-6-10-17(13-16)27-19-12-5-4-11-18(19)22(30)31-14-20-28-29-21(32-20)15-7-2-1-3-8-15/h1-13,27H,14H2. The van der Waals surface area contributed by atoms with Crippen molar-refractivity contribution in [3.8, 4) is 11.5 Å². The number of carbonyl (C=O) groups excluding carboxylic acids is 1. The van der Waals surface area contributed by atoms with E-state index >= 15 is 0 Å². The van der Waals surface area contributed by atoms with Gasteiger partial charge in [-0.25, -0.2) is 4.79 Å². The van der Waals surface area contributed by atoms with Gasteiger partial charge in [-0.3, -0.25) is 0 Å². The van der Waals surface area contributed by atoms with E-state index in [0.29, 0.717) is 11.6 Å². The van der Waals surface area contributed by atoms with Crippen LogP contribution in [0.2, 0.25) is 0 Å². The number of alkyl halides is 3. The lowest BCUT2D eigenvalue weighted by Gasteiger charge is -2.13. The molecule has 0 fully saturated rings. The van der Waals surface area contributed by atoms with Gasteiger partial charge in [-0.15, -0.1) is 10.2 Å². The van der Waals surface area contributed by atoms with Crippen LogP contribution < -0.4 is 5.32 Å². The Labute approximate surface area is 180 Å². The van der Waals surface area contributed by atoms with Crippen molar-refractivity contribution >= 4 is 17.3 Å². The van der Waals surface area contributed by atoms with E-state index in [9.17, 15) is 18.0 Å². The number of hydrogen-bond donors (Lipinski definition) is 1. The number of nitrogens with zero attached hydrogens (tertiary/aromatic N) is 2. The van der Waals surface area contributed by atoms with E-state index in [2.05, 4.69) is 15.5 Å². The second-order valence-corrected chi connectivity index (χ2v) is 6.69. The van der Waals surface area contributed by atoms with E-state index in [-0.39, 0.29) is 23.7 Å². The molecule has 0 bridgehead atoms. The molecule has 0 aliphatic rings. The maximum atomic E-state index is 13.0. The summed E-state index contributed by atoms with van der Waals surface area (Å²) in [7, 11) is 0. The maximum Gasteiger partial charge on any atom is 0.416 e. The van der Waals surface area contributed by atoms with Gasteiger partial charge in [0.2, 0.25) is 5.89 Å². The highest BCUT2D eigenvalue weighted by Gasteiger charge is 2.30. The number of aromatic nitrogens is 2. The minimum absolute atomic E-state index is 0.112. The molecule has 0 radical (unpaired) electrons. The topological polar surface area (TPSA) is 77.2 Å². The minimum atomic E-state index is -4.47. The number of carbonyl (C=O) groups is 1. The Morgan fingerprint density at radius 1 is 0.938 bits per heavy atom. The summed E-state index contributed by atoms with van der Waals surface area (Å²) in [4.78, 5) is 12.6. The molecule has 6 nitrogen and oxygen atoms in total. The summed E-state index contributed by atoms with van der Waals surface area (Å²) in [5.41, 5.74) is 0.561. The third-order valence-corrected chi connectivity index (χ3v) is 4.43. The highest BCUT2D eigenvalue weighted by molar-refractivity contribution is 5.96. The zero-order valence-corrected chi connectivity index (χ0v) is 16.5. The summed E-state index contributed by atoms with van der Waals surface area (Å²) in [6.45, 7) is -0.253. The number of halogens is 3. The lowest BCUT2D eigenvalue weighted by atomic mass is 10.1. The second kappa shape index (κ2) is 8.93. The van der Waals surface area contributed by atoms with Crippen LogP contribution in [0.15, 0.2) is 83.3 Å². The van der Waals surface area contributed by atoms with Gasteiger partial charge in [-0.05, 0) is 42.5 Å². The van der Waals surface area contributed by atoms with Crippen LogP contribution in [0.4, 0.5) is 24.5 Å². The Bertz CT molecular complexity index is 1220. The molecule has 1 aromatic heterocycles. The largest absolute Gasteiger partial charge is 0.452 e. The minimum Gasteiger partial charge on any atom is -0.452 e. The SMILES string of the molecule is O=C(OCc1nnc(-c2ccccc2)o1)c1ccccc1Nc1cccc(C(F)(F)F)c1. The van der Waals surface area contributed by atoms with Crippen LogP contribution in [0.25, 0.3) is 11.5 Å². The summed E-state index contributed by atoms with van der Waals surface area (Å²) in [6.07, 6.45) is -4.47. The number of anilines is 2. The molecular formula is C23H16F3N3O3. The fourth-order valence-corrected chi connectivity index (χ4v) is 2.91. The third kappa shape index (κ3) is 4.94. The first-order valence-corrected chi connectivity index (χ1v) is 9.48. The Balaban J connectivity index is 1.46. The molecule has 162 valence electrons. The zero-order valence-electron chi connectivity index (χ0n) is 16.5. The van der Waals surface area contributed by atoms with Crippen molar-refractivity contribution in [2.45, 2.75) is 12.8 Å². The first-order chi connectivity index (χ1) is 15.4. The van der Waals surface area contributed by atoms with Crippen molar-refractivity contribution in [1.82, 2.24) is 10.2 Å². The van der Waals surface area contributed by atoms with Crippen LogP contribution in [0, 0.1) is 0 Å². The Hall–Kier alpha value is -4.14. The zero-order chi connectivity index (χ0) is 22.6. The molecule has 0 unspecified atom stereocenters. The summed E-state index contributed by atoms with van der Waals surface area (Å²) in [5, 5.41) is 10.6. The highest BCUT2D eigenvalue weighted by Crippen LogP contribution is 2.32. The van der Waals surface area contributed by atoms with E-state index in [4.69, 9.17) is 9.15 Å². The van der Waals surface area contributed by atoms with Gasteiger partial charge in [-0.2, -0.15) is 13.2 Å². The Kier molecular flexibility index (Phi) is 5.89. The lowest BCUT2D eigenvalue weighted by molar-refractivity contribution is -0.137. The molecule has 1 N–H and O–H groups in total. The predicted octanol–water partition coefficient (Wildman–Crippen LogP) is 5.86. The third-order valence-electron chi connectivity index (χ3n) is 4.43. The molecule has 0 saturated carbocycles. The molecule has 0 aliphatic carbocycles. The fraction of sp³-hybridized carbons (Fsp3) is 0.0870. The van der Waals surface area contributed by atoms with Crippen molar-refractivity contribution in [2.24, 2.45) is 0 Å². The van der Waals surface area contributed by atoms with Gasteiger partial charge in [-0.1, -0.05) is 36.4 Å². The average Bonchev–Trinajstić information content (AvgIpc) is 3.27. The summed E-state index contributed by atoms with van der Waals surface area (Å²) < 4.78 is 49.7. The van der Waals surface area contributed by atoms with Crippen LogP contribution in [0.5, 0.6) is 0 Å². The van der Waals surface area contributed by atoms with Crippen LogP contribution in [0.1, 0.15) is 21.8 Å². The highest BCUT2D eigenvalue weighted by atomic mass is 19.4. The van der Waals surface area contributed by atoms with Crippen LogP contribution in [-0.2, 0) is 17.5 Å². The predicted molar refractivity (Wildman–Crippen MR) is 110 cm³/mol. The van der Waals surface area contributed by atoms with Crippen molar-refractivity contribution in [1.29, 1.82) is 0 Å². The number of rotatable bonds is 6. The van der Waals surface area contributed by atoms with Crippen molar-refractivity contribution < 1.29 is 27.1 Å². The van der Waals surface area contributed by atoms with E-state index in [1.807, 2.05) is 18.2 Å². The van der Waals surface area contributed by atoms with Crippen molar-refractivity contribution in [2.75, 3.05) is 5.32 Å². The quantitative estimate of drug-likeness (QED) is 0.380. The normalized spacial score (nSPS) is 11.2. The van der Waals surface area contributed by atoms with Gasteiger partial charge < -0.3 is 14.5 Å². The smallest absolute Gasteiger partial charge is 0.416 e. The summed E-state index contributed by atoms with van der Waals surface area (Å²) in [5.74, 6) is -0.289. The van der Waals surface area contributed by atoms with Gasteiger partial charge in [0.05, 0.1) is 16.8 Å². The molecule has 9 heteroatoms. The van der Waals surface area contributed by atoms with Crippen molar-refractivity contribution in [3.63, 3.8) is 0 Å². The van der Waals surface area contributed by atoms with E-state index in [0.717, 1.165) is 17.7 Å². The first-order valence-electron chi connectivity index (χ1n) is 9.48. The molecule has 0 spiro atoms. The molecule has 1 heterocycles. The molecule has 4 aromatic rings. The molecule has 32 heavy (non-hydrogen) atoms. The van der Waals surface area contributed by atoms with Gasteiger partial charge in [0.25, 0.3) is 5.89 Å². The number of hydrogen-bond acceptors (Lipinski definition) is 6. The Morgan fingerprint density at radius 2 is 1.69 bits per heavy atom. The summed E-state index contributed by atoms with van der Waals surface area (Å²) in [6, 6.07) is 20.1. The fourth-order valence-electron chi connectivity index (χ4n) is 2.91. The van der Waals surface area contributed by atoms with Gasteiger partial charge in [0, 0.05) is 11.3 Å². The van der Waals surface area contributed by atoms with Gasteiger partial charge in [0.15, 0.2) is 6.61 Å². The molecule has 0 aliphatic heterocycles. The van der Waals surface area contributed by atoms with E-state index in [1.54, 1.807) is 30.3 Å². The molecule has 0 amide bonds. The van der Waals surface area contributed by atoms with Crippen LogP contribution in [0.3, 0.4) is 0 Å². The molecular weight excluding hydrogens is 423 g/mol. The summed E-state index contributed by atoms with van der Waals surface area (Å²) >= 11 is 0. The maximum absolute atomic E-state index is 13.0. The molecule has 4 rings (SSSR count).